The SMILES string of the molecule is Clc1cccc2c1CC1(CC2)CC2C=CC1C2. The summed E-state index contributed by atoms with van der Waals surface area (Å²) in [5.41, 5.74) is 3.49. The smallest absolute Gasteiger partial charge is 0.0440 e. The van der Waals surface area contributed by atoms with E-state index in [2.05, 4.69) is 30.4 Å². The summed E-state index contributed by atoms with van der Waals surface area (Å²) in [6, 6.07) is 6.42. The molecule has 1 spiro atoms. The van der Waals surface area contributed by atoms with Crippen LogP contribution in [0, 0.1) is 17.3 Å². The largest absolute Gasteiger partial charge is 0.0851 e. The molecule has 1 aromatic rings. The molecule has 3 atom stereocenters. The Balaban J connectivity index is 1.76. The quantitative estimate of drug-likeness (QED) is 0.593. The van der Waals surface area contributed by atoms with Gasteiger partial charge in [0.15, 0.2) is 0 Å². The molecule has 0 radical (unpaired) electrons. The van der Waals surface area contributed by atoms with Crippen LogP contribution in [0.5, 0.6) is 0 Å². The topological polar surface area (TPSA) is 0 Å². The number of rotatable bonds is 0. The highest BCUT2D eigenvalue weighted by Crippen LogP contribution is 2.58. The van der Waals surface area contributed by atoms with Crippen molar-refractivity contribution in [3.63, 3.8) is 0 Å². The summed E-state index contributed by atoms with van der Waals surface area (Å²) in [5.74, 6) is 1.70. The predicted octanol–water partition coefficient (Wildman–Crippen LogP) is 4.41. The van der Waals surface area contributed by atoms with Gasteiger partial charge >= 0.3 is 0 Å². The van der Waals surface area contributed by atoms with E-state index in [1.54, 1.807) is 0 Å². The van der Waals surface area contributed by atoms with Crippen molar-refractivity contribution in [3.05, 3.63) is 46.5 Å². The minimum absolute atomic E-state index is 0.553. The molecule has 3 unspecified atom stereocenters. The number of hydrogen-bond acceptors (Lipinski definition) is 0. The molecule has 0 saturated heterocycles. The Bertz CT molecular complexity index is 502. The Kier molecular flexibility index (Phi) is 2.03. The number of aryl methyl sites for hydroxylation is 1. The lowest BCUT2D eigenvalue weighted by molar-refractivity contribution is 0.195. The fraction of sp³-hybridized carbons (Fsp3) is 0.500. The molecule has 0 heterocycles. The average molecular weight is 245 g/mol. The second kappa shape index (κ2) is 3.38. The summed E-state index contributed by atoms with van der Waals surface area (Å²) in [5, 5.41) is 0.994. The van der Waals surface area contributed by atoms with E-state index in [9.17, 15) is 0 Å². The molecule has 0 aromatic heterocycles. The van der Waals surface area contributed by atoms with Gasteiger partial charge in [0.2, 0.25) is 0 Å². The average Bonchev–Trinajstić information content (AvgIpc) is 2.91. The van der Waals surface area contributed by atoms with Gasteiger partial charge in [0.05, 0.1) is 0 Å². The standard InChI is InChI=1S/C16H17Cl/c17-15-3-1-2-12-6-7-16(10-14(12)15)9-11-4-5-13(16)8-11/h1-5,11,13H,6-10H2. The van der Waals surface area contributed by atoms with Crippen LogP contribution in [0.1, 0.15) is 30.4 Å². The van der Waals surface area contributed by atoms with Gasteiger partial charge < -0.3 is 0 Å². The van der Waals surface area contributed by atoms with Crippen molar-refractivity contribution >= 4 is 11.6 Å². The fourth-order valence-corrected chi connectivity index (χ4v) is 4.66. The molecule has 1 saturated carbocycles. The molecule has 88 valence electrons. The van der Waals surface area contributed by atoms with Gasteiger partial charge in [-0.2, -0.15) is 0 Å². The monoisotopic (exact) mass is 244 g/mol. The lowest BCUT2D eigenvalue weighted by atomic mass is 9.64. The number of hydrogen-bond donors (Lipinski definition) is 0. The zero-order valence-electron chi connectivity index (χ0n) is 9.95. The Labute approximate surface area is 108 Å². The molecular formula is C16H17Cl. The zero-order chi connectivity index (χ0) is 11.5. The Hall–Kier alpha value is -0.750. The van der Waals surface area contributed by atoms with E-state index in [1.165, 1.54) is 43.2 Å². The lowest BCUT2D eigenvalue weighted by Crippen LogP contribution is -2.33. The summed E-state index contributed by atoms with van der Waals surface area (Å²) in [6.45, 7) is 0. The van der Waals surface area contributed by atoms with Crippen LogP contribution in [-0.4, -0.2) is 0 Å². The lowest BCUT2D eigenvalue weighted by Gasteiger charge is -2.40. The first-order valence-corrected chi connectivity index (χ1v) is 7.09. The van der Waals surface area contributed by atoms with E-state index < -0.39 is 0 Å². The number of benzene rings is 1. The molecule has 17 heavy (non-hydrogen) atoms. The van der Waals surface area contributed by atoms with Crippen molar-refractivity contribution < 1.29 is 0 Å². The second-order valence-corrected chi connectivity index (χ2v) is 6.52. The van der Waals surface area contributed by atoms with Gasteiger partial charge in [-0.25, -0.2) is 0 Å². The molecule has 1 heteroatoms. The molecule has 2 bridgehead atoms. The number of allylic oxidation sites excluding steroid dienone is 2. The van der Waals surface area contributed by atoms with Gasteiger partial charge in [-0.05, 0) is 66.5 Å². The van der Waals surface area contributed by atoms with Crippen LogP contribution in [-0.2, 0) is 12.8 Å². The van der Waals surface area contributed by atoms with Crippen LogP contribution in [0.4, 0.5) is 0 Å². The Morgan fingerprint density at radius 3 is 2.94 bits per heavy atom. The summed E-state index contributed by atoms with van der Waals surface area (Å²) >= 11 is 6.39. The minimum atomic E-state index is 0.553. The zero-order valence-corrected chi connectivity index (χ0v) is 10.7. The summed E-state index contributed by atoms with van der Waals surface area (Å²) in [4.78, 5) is 0. The highest BCUT2D eigenvalue weighted by Gasteiger charge is 2.49. The second-order valence-electron chi connectivity index (χ2n) is 6.11. The molecule has 1 fully saturated rings. The van der Waals surface area contributed by atoms with E-state index in [4.69, 9.17) is 11.6 Å². The maximum absolute atomic E-state index is 6.39. The summed E-state index contributed by atoms with van der Waals surface area (Å²) < 4.78 is 0. The van der Waals surface area contributed by atoms with E-state index in [1.807, 2.05) is 0 Å². The van der Waals surface area contributed by atoms with Crippen LogP contribution >= 0.6 is 11.6 Å². The molecule has 3 aliphatic carbocycles. The van der Waals surface area contributed by atoms with Crippen molar-refractivity contribution in [3.8, 4) is 0 Å². The van der Waals surface area contributed by atoms with Crippen molar-refractivity contribution in [1.82, 2.24) is 0 Å². The first-order chi connectivity index (χ1) is 8.27. The Morgan fingerprint density at radius 2 is 2.18 bits per heavy atom. The number of halogens is 1. The third-order valence-electron chi connectivity index (χ3n) is 5.26. The van der Waals surface area contributed by atoms with Crippen molar-refractivity contribution in [1.29, 1.82) is 0 Å². The number of fused-ring (bicyclic) bond motifs is 4. The Morgan fingerprint density at radius 1 is 1.24 bits per heavy atom. The van der Waals surface area contributed by atoms with Crippen molar-refractivity contribution in [2.45, 2.75) is 32.1 Å². The van der Waals surface area contributed by atoms with Gasteiger partial charge in [0.25, 0.3) is 0 Å². The van der Waals surface area contributed by atoms with Crippen LogP contribution in [0.3, 0.4) is 0 Å². The molecular weight excluding hydrogens is 228 g/mol. The first kappa shape index (κ1) is 10.2. The van der Waals surface area contributed by atoms with Gasteiger partial charge in [0, 0.05) is 5.02 Å². The van der Waals surface area contributed by atoms with Gasteiger partial charge in [0.1, 0.15) is 0 Å². The van der Waals surface area contributed by atoms with E-state index >= 15 is 0 Å². The summed E-state index contributed by atoms with van der Waals surface area (Å²) in [7, 11) is 0. The van der Waals surface area contributed by atoms with Crippen LogP contribution < -0.4 is 0 Å². The first-order valence-electron chi connectivity index (χ1n) is 6.71. The van der Waals surface area contributed by atoms with Gasteiger partial charge in [-0.15, -0.1) is 0 Å². The van der Waals surface area contributed by atoms with Gasteiger partial charge in [-0.3, -0.25) is 0 Å². The third-order valence-corrected chi connectivity index (χ3v) is 5.62. The normalized spacial score (nSPS) is 37.7. The maximum Gasteiger partial charge on any atom is 0.0440 e. The molecule has 0 aliphatic heterocycles. The molecule has 0 N–H and O–H groups in total. The molecule has 0 amide bonds. The van der Waals surface area contributed by atoms with Crippen LogP contribution in [0.2, 0.25) is 5.02 Å². The van der Waals surface area contributed by atoms with Gasteiger partial charge in [-0.1, -0.05) is 35.9 Å². The van der Waals surface area contributed by atoms with Crippen molar-refractivity contribution in [2.75, 3.05) is 0 Å². The molecule has 0 nitrogen and oxygen atoms in total. The predicted molar refractivity (Wildman–Crippen MR) is 71.3 cm³/mol. The highest BCUT2D eigenvalue weighted by molar-refractivity contribution is 6.31. The highest BCUT2D eigenvalue weighted by atomic mass is 35.5. The molecule has 4 rings (SSSR count). The van der Waals surface area contributed by atoms with E-state index in [0.717, 1.165) is 16.9 Å². The fourth-order valence-electron chi connectivity index (χ4n) is 4.40. The molecule has 1 aromatic carbocycles. The van der Waals surface area contributed by atoms with Crippen molar-refractivity contribution in [2.24, 2.45) is 17.3 Å². The third kappa shape index (κ3) is 1.37. The van der Waals surface area contributed by atoms with Crippen LogP contribution in [0.25, 0.3) is 0 Å². The minimum Gasteiger partial charge on any atom is -0.0851 e. The summed E-state index contributed by atoms with van der Waals surface area (Å²) in [6.07, 6.45) is 11.5. The van der Waals surface area contributed by atoms with E-state index in [0.29, 0.717) is 5.41 Å². The maximum atomic E-state index is 6.39. The van der Waals surface area contributed by atoms with Crippen LogP contribution in [0.15, 0.2) is 30.4 Å². The molecule has 3 aliphatic rings. The van der Waals surface area contributed by atoms with E-state index in [-0.39, 0.29) is 0 Å².